The number of amides is 2. The van der Waals surface area contributed by atoms with Gasteiger partial charge in [-0.2, -0.15) is 0 Å². The van der Waals surface area contributed by atoms with Crippen LogP contribution in [0.5, 0.6) is 0 Å². The molecule has 1 saturated carbocycles. The van der Waals surface area contributed by atoms with Crippen molar-refractivity contribution < 1.29 is 9.59 Å². The summed E-state index contributed by atoms with van der Waals surface area (Å²) in [5.41, 5.74) is 6.20. The molecule has 1 saturated heterocycles. The van der Waals surface area contributed by atoms with Gasteiger partial charge in [-0.1, -0.05) is 6.92 Å². The molecule has 3 rings (SSSR count). The first-order valence-corrected chi connectivity index (χ1v) is 8.25. The summed E-state index contributed by atoms with van der Waals surface area (Å²) in [5.74, 6) is 0.449. The Kier molecular flexibility index (Phi) is 3.84. The van der Waals surface area contributed by atoms with Gasteiger partial charge in [-0.05, 0) is 19.3 Å². The summed E-state index contributed by atoms with van der Waals surface area (Å²) in [7, 11) is 0. The number of carbonyl (C=O) groups is 2. The molecule has 6 nitrogen and oxygen atoms in total. The van der Waals surface area contributed by atoms with Crippen molar-refractivity contribution >= 4 is 28.3 Å². The number of aryl methyl sites for hydroxylation is 1. The molecule has 0 unspecified atom stereocenters. The van der Waals surface area contributed by atoms with E-state index in [9.17, 15) is 9.59 Å². The van der Waals surface area contributed by atoms with E-state index in [0.717, 1.165) is 24.1 Å². The minimum Gasteiger partial charge on any atom is -0.375 e. The fraction of sp³-hybridized carbons (Fsp3) is 0.643. The minimum atomic E-state index is -0.0571. The first kappa shape index (κ1) is 14.3. The summed E-state index contributed by atoms with van der Waals surface area (Å²) in [6.07, 6.45) is 2.81. The third kappa shape index (κ3) is 2.88. The molecule has 0 atom stereocenters. The van der Waals surface area contributed by atoms with Crippen LogP contribution in [0.25, 0.3) is 0 Å². The molecule has 2 fully saturated rings. The zero-order valence-electron chi connectivity index (χ0n) is 12.2. The molecule has 114 valence electrons. The Morgan fingerprint density at radius 2 is 1.86 bits per heavy atom. The van der Waals surface area contributed by atoms with Gasteiger partial charge in [0, 0.05) is 37.0 Å². The molecular formula is C14H20N4O2S. The maximum Gasteiger partial charge on any atom is 0.273 e. The van der Waals surface area contributed by atoms with Gasteiger partial charge in [0.1, 0.15) is 5.69 Å². The number of nitrogens with zero attached hydrogens (tertiary/aromatic N) is 3. The SMILES string of the molecule is CCc1sc(N)nc1C(=O)N1CCN(C(=O)C2CC2)CC1. The quantitative estimate of drug-likeness (QED) is 0.903. The van der Waals surface area contributed by atoms with Gasteiger partial charge < -0.3 is 15.5 Å². The summed E-state index contributed by atoms with van der Waals surface area (Å²) in [5, 5.41) is 0.442. The minimum absolute atomic E-state index is 0.0571. The highest BCUT2D eigenvalue weighted by Crippen LogP contribution is 2.31. The van der Waals surface area contributed by atoms with Crippen LogP contribution in [0.4, 0.5) is 5.13 Å². The number of hydrogen-bond donors (Lipinski definition) is 1. The monoisotopic (exact) mass is 308 g/mol. The van der Waals surface area contributed by atoms with E-state index in [4.69, 9.17) is 5.73 Å². The van der Waals surface area contributed by atoms with E-state index in [1.54, 1.807) is 4.90 Å². The smallest absolute Gasteiger partial charge is 0.273 e. The largest absolute Gasteiger partial charge is 0.375 e. The Labute approximate surface area is 127 Å². The highest BCUT2D eigenvalue weighted by atomic mass is 32.1. The number of rotatable bonds is 3. The van der Waals surface area contributed by atoms with Gasteiger partial charge in [-0.3, -0.25) is 9.59 Å². The summed E-state index contributed by atoms with van der Waals surface area (Å²) in [4.78, 5) is 33.3. The van der Waals surface area contributed by atoms with E-state index in [1.807, 2.05) is 11.8 Å². The van der Waals surface area contributed by atoms with Crippen LogP contribution in [0.2, 0.25) is 0 Å². The van der Waals surface area contributed by atoms with Gasteiger partial charge in [0.05, 0.1) is 0 Å². The van der Waals surface area contributed by atoms with Gasteiger partial charge in [-0.15, -0.1) is 11.3 Å². The number of anilines is 1. The standard InChI is InChI=1S/C14H20N4O2S/c1-2-10-11(16-14(15)21-10)13(20)18-7-5-17(6-8-18)12(19)9-3-4-9/h9H,2-8H2,1H3,(H2,15,16). The summed E-state index contributed by atoms with van der Waals surface area (Å²) >= 11 is 1.38. The highest BCUT2D eigenvalue weighted by molar-refractivity contribution is 7.15. The van der Waals surface area contributed by atoms with Crippen molar-refractivity contribution in [2.24, 2.45) is 5.92 Å². The maximum atomic E-state index is 12.5. The lowest BCUT2D eigenvalue weighted by Crippen LogP contribution is -2.51. The molecule has 0 bridgehead atoms. The third-order valence-electron chi connectivity index (χ3n) is 4.04. The summed E-state index contributed by atoms with van der Waals surface area (Å²) < 4.78 is 0. The molecule has 21 heavy (non-hydrogen) atoms. The lowest BCUT2D eigenvalue weighted by molar-refractivity contribution is -0.134. The van der Waals surface area contributed by atoms with Gasteiger partial charge in [0.15, 0.2) is 5.13 Å². The van der Waals surface area contributed by atoms with Gasteiger partial charge >= 0.3 is 0 Å². The van der Waals surface area contributed by atoms with Crippen LogP contribution in [0.3, 0.4) is 0 Å². The molecular weight excluding hydrogens is 288 g/mol. The van der Waals surface area contributed by atoms with Crippen LogP contribution < -0.4 is 5.73 Å². The van der Waals surface area contributed by atoms with Crippen molar-refractivity contribution in [2.45, 2.75) is 26.2 Å². The van der Waals surface area contributed by atoms with Crippen molar-refractivity contribution in [3.8, 4) is 0 Å². The van der Waals surface area contributed by atoms with Crippen LogP contribution >= 0.6 is 11.3 Å². The molecule has 1 aliphatic heterocycles. The number of hydrogen-bond acceptors (Lipinski definition) is 5. The molecule has 0 radical (unpaired) electrons. The Balaban J connectivity index is 1.63. The van der Waals surface area contributed by atoms with E-state index < -0.39 is 0 Å². The normalized spacial score (nSPS) is 18.9. The summed E-state index contributed by atoms with van der Waals surface area (Å²) in [6, 6.07) is 0. The topological polar surface area (TPSA) is 79.5 Å². The van der Waals surface area contributed by atoms with Crippen LogP contribution in [-0.2, 0) is 11.2 Å². The molecule has 2 N–H and O–H groups in total. The van der Waals surface area contributed by atoms with Crippen LogP contribution in [0.1, 0.15) is 35.1 Å². The average Bonchev–Trinajstić information content (AvgIpc) is 3.28. The van der Waals surface area contributed by atoms with Gasteiger partial charge in [0.25, 0.3) is 5.91 Å². The van der Waals surface area contributed by atoms with E-state index in [-0.39, 0.29) is 17.7 Å². The summed E-state index contributed by atoms with van der Waals surface area (Å²) in [6.45, 7) is 4.41. The molecule has 2 aliphatic rings. The zero-order valence-corrected chi connectivity index (χ0v) is 13.0. The zero-order chi connectivity index (χ0) is 15.0. The third-order valence-corrected chi connectivity index (χ3v) is 5.07. The second-order valence-corrected chi connectivity index (χ2v) is 6.68. The highest BCUT2D eigenvalue weighted by Gasteiger charge is 2.35. The van der Waals surface area contributed by atoms with E-state index >= 15 is 0 Å². The second-order valence-electron chi connectivity index (χ2n) is 5.57. The molecule has 7 heteroatoms. The first-order chi connectivity index (χ1) is 10.1. The Bertz CT molecular complexity index is 559. The van der Waals surface area contributed by atoms with Crippen LogP contribution in [0.15, 0.2) is 0 Å². The fourth-order valence-corrected chi connectivity index (χ4v) is 3.41. The maximum absolute atomic E-state index is 12.5. The molecule has 0 spiro atoms. The van der Waals surface area contributed by atoms with E-state index in [0.29, 0.717) is 37.0 Å². The number of thiazole rings is 1. The van der Waals surface area contributed by atoms with Gasteiger partial charge in [0.2, 0.25) is 5.91 Å². The van der Waals surface area contributed by atoms with Crippen molar-refractivity contribution in [1.29, 1.82) is 0 Å². The molecule has 1 aliphatic carbocycles. The lowest BCUT2D eigenvalue weighted by Gasteiger charge is -2.34. The Morgan fingerprint density at radius 1 is 1.24 bits per heavy atom. The molecule has 1 aromatic rings. The number of carbonyl (C=O) groups excluding carboxylic acids is 2. The van der Waals surface area contributed by atoms with Crippen LogP contribution in [0, 0.1) is 5.92 Å². The van der Waals surface area contributed by atoms with E-state index in [2.05, 4.69) is 4.98 Å². The first-order valence-electron chi connectivity index (χ1n) is 7.43. The predicted molar refractivity (Wildman–Crippen MR) is 81.1 cm³/mol. The van der Waals surface area contributed by atoms with Crippen molar-refractivity contribution in [3.63, 3.8) is 0 Å². The Hall–Kier alpha value is -1.63. The average molecular weight is 308 g/mol. The molecule has 2 amide bonds. The fourth-order valence-electron chi connectivity index (χ4n) is 2.64. The van der Waals surface area contributed by atoms with E-state index in [1.165, 1.54) is 11.3 Å². The van der Waals surface area contributed by atoms with Gasteiger partial charge in [-0.25, -0.2) is 4.98 Å². The number of nitrogen functional groups attached to an aromatic ring is 1. The second kappa shape index (κ2) is 5.63. The Morgan fingerprint density at radius 3 is 2.43 bits per heavy atom. The number of aromatic nitrogens is 1. The van der Waals surface area contributed by atoms with Crippen molar-refractivity contribution in [2.75, 3.05) is 31.9 Å². The number of piperazine rings is 1. The molecule has 1 aromatic heterocycles. The number of nitrogens with two attached hydrogens (primary N) is 1. The molecule has 0 aromatic carbocycles. The predicted octanol–water partition coefficient (Wildman–Crippen LogP) is 0.982. The van der Waals surface area contributed by atoms with Crippen molar-refractivity contribution in [3.05, 3.63) is 10.6 Å². The molecule has 2 heterocycles. The van der Waals surface area contributed by atoms with Crippen molar-refractivity contribution in [1.82, 2.24) is 14.8 Å². The lowest BCUT2D eigenvalue weighted by atomic mass is 10.2. The van der Waals surface area contributed by atoms with Crippen LogP contribution in [-0.4, -0.2) is 52.8 Å².